The first-order valence-corrected chi connectivity index (χ1v) is 14.4. The first-order chi connectivity index (χ1) is 18.2. The van der Waals surface area contributed by atoms with Gasteiger partial charge in [-0.05, 0) is 59.9 Å². The number of aromatic nitrogens is 3. The van der Waals surface area contributed by atoms with E-state index in [1.54, 1.807) is 23.9 Å². The molecule has 3 aromatic rings. The minimum absolute atomic E-state index is 0.123. The summed E-state index contributed by atoms with van der Waals surface area (Å²) in [6, 6.07) is 10.8. The zero-order valence-electron chi connectivity index (χ0n) is 21.8. The molecule has 2 aromatic carbocycles. The molecule has 10 heteroatoms. The van der Waals surface area contributed by atoms with Crippen LogP contribution in [0.3, 0.4) is 0 Å². The number of Topliss-reactive ketones (excluding diaryl/α,β-unsaturated/α-hetero) is 1. The Kier molecular flexibility index (Phi) is 7.67. The van der Waals surface area contributed by atoms with E-state index in [0.29, 0.717) is 52.3 Å². The van der Waals surface area contributed by atoms with Gasteiger partial charge < -0.3 is 14.8 Å². The first kappa shape index (κ1) is 26.9. The van der Waals surface area contributed by atoms with Gasteiger partial charge in [0.1, 0.15) is 12.6 Å². The van der Waals surface area contributed by atoms with Crippen LogP contribution in [0, 0.1) is 5.41 Å². The number of thioether (sulfide) groups is 1. The minimum atomic E-state index is -0.410. The van der Waals surface area contributed by atoms with Crippen molar-refractivity contribution >= 4 is 46.7 Å². The maximum atomic E-state index is 13.5. The average molecular weight is 574 g/mol. The summed E-state index contributed by atoms with van der Waals surface area (Å²) in [5.74, 6) is 2.82. The molecule has 7 nitrogen and oxygen atoms in total. The Morgan fingerprint density at radius 3 is 2.63 bits per heavy atom. The number of allylic oxidation sites excluding steroid dienone is 2. The summed E-state index contributed by atoms with van der Waals surface area (Å²) in [4.78, 5) is 18.2. The van der Waals surface area contributed by atoms with Crippen molar-refractivity contribution in [1.82, 2.24) is 14.8 Å². The summed E-state index contributed by atoms with van der Waals surface area (Å²) in [5.41, 5.74) is 3.30. The van der Waals surface area contributed by atoms with Crippen molar-refractivity contribution in [3.8, 4) is 11.5 Å². The number of anilines is 1. The standard InChI is InChI=1S/C28H30Cl2N4O3S/c1-5-36-23-12-17(8-10-22(23)37-15-16-7-9-18(29)19(30)11-16)25-24-20(13-28(3,4)14-21(24)35)31-26-32-27(38-6-2)33-34(25)26/h7-12,25H,5-6,13-15H2,1-4H3,(H,31,32,33). The van der Waals surface area contributed by atoms with Gasteiger partial charge in [-0.25, -0.2) is 4.68 Å². The molecule has 2 aliphatic rings. The molecule has 0 saturated heterocycles. The third-order valence-corrected chi connectivity index (χ3v) is 8.01. The molecule has 0 amide bonds. The van der Waals surface area contributed by atoms with Gasteiger partial charge in [0.25, 0.3) is 0 Å². The quantitative estimate of drug-likeness (QED) is 0.283. The van der Waals surface area contributed by atoms with E-state index in [2.05, 4.69) is 26.1 Å². The molecule has 0 radical (unpaired) electrons. The summed E-state index contributed by atoms with van der Waals surface area (Å²) in [6.07, 6.45) is 1.24. The number of nitrogens with zero attached hydrogens (tertiary/aromatic N) is 3. The third-order valence-electron chi connectivity index (χ3n) is 6.55. The molecule has 0 bridgehead atoms. The van der Waals surface area contributed by atoms with Gasteiger partial charge in [0.2, 0.25) is 11.1 Å². The highest BCUT2D eigenvalue weighted by molar-refractivity contribution is 7.99. The highest BCUT2D eigenvalue weighted by Gasteiger charge is 2.42. The van der Waals surface area contributed by atoms with Crippen LogP contribution in [-0.2, 0) is 11.4 Å². The predicted octanol–water partition coefficient (Wildman–Crippen LogP) is 7.33. The fourth-order valence-corrected chi connectivity index (χ4v) is 5.84. The van der Waals surface area contributed by atoms with Crippen molar-refractivity contribution in [3.05, 3.63) is 68.8 Å². The molecule has 0 spiro atoms. The van der Waals surface area contributed by atoms with Crippen molar-refractivity contribution in [1.29, 1.82) is 0 Å². The summed E-state index contributed by atoms with van der Waals surface area (Å²) >= 11 is 13.8. The fourth-order valence-electron chi connectivity index (χ4n) is 4.96. The molecule has 1 aliphatic carbocycles. The van der Waals surface area contributed by atoms with Crippen molar-refractivity contribution < 1.29 is 14.3 Å². The molecule has 1 unspecified atom stereocenters. The molecule has 5 rings (SSSR count). The molecule has 1 atom stereocenters. The van der Waals surface area contributed by atoms with Gasteiger partial charge in [-0.1, -0.05) is 67.9 Å². The number of rotatable bonds is 8. The maximum Gasteiger partial charge on any atom is 0.227 e. The molecule has 38 heavy (non-hydrogen) atoms. The molecule has 0 saturated carbocycles. The topological polar surface area (TPSA) is 78.3 Å². The van der Waals surface area contributed by atoms with Crippen LogP contribution in [0.4, 0.5) is 5.95 Å². The smallest absolute Gasteiger partial charge is 0.227 e. The number of hydrogen-bond donors (Lipinski definition) is 1. The van der Waals surface area contributed by atoms with E-state index in [4.69, 9.17) is 42.8 Å². The number of fused-ring (bicyclic) bond motifs is 1. The normalized spacial score (nSPS) is 18.1. The van der Waals surface area contributed by atoms with Crippen molar-refractivity contribution in [2.75, 3.05) is 17.7 Å². The molecular formula is C28H30Cl2N4O3S. The number of nitrogens with one attached hydrogen (secondary N) is 1. The SMILES string of the molecule is CCOc1cc(C2C3=C(CC(C)(C)CC3=O)Nc3nc(SCC)nn32)ccc1OCc1ccc(Cl)c(Cl)c1. The number of ether oxygens (including phenoxy) is 2. The molecule has 200 valence electrons. The number of ketones is 1. The van der Waals surface area contributed by atoms with Crippen molar-refractivity contribution in [3.63, 3.8) is 0 Å². The zero-order chi connectivity index (χ0) is 27.0. The Labute approximate surface area is 236 Å². The minimum Gasteiger partial charge on any atom is -0.490 e. The monoisotopic (exact) mass is 572 g/mol. The number of benzene rings is 2. The molecule has 1 aromatic heterocycles. The van der Waals surface area contributed by atoms with E-state index in [1.165, 1.54) is 0 Å². The van der Waals surface area contributed by atoms with Crippen LogP contribution in [0.25, 0.3) is 0 Å². The van der Waals surface area contributed by atoms with Crippen LogP contribution in [0.5, 0.6) is 11.5 Å². The van der Waals surface area contributed by atoms with Gasteiger partial charge >= 0.3 is 0 Å². The number of halogens is 2. The molecule has 0 fully saturated rings. The summed E-state index contributed by atoms with van der Waals surface area (Å²) in [6.45, 7) is 9.00. The maximum absolute atomic E-state index is 13.5. The lowest BCUT2D eigenvalue weighted by atomic mass is 9.73. The Hall–Kier alpha value is -2.68. The van der Waals surface area contributed by atoms with Gasteiger partial charge in [-0.2, -0.15) is 4.98 Å². The number of carbonyl (C=O) groups excluding carboxylic acids is 1. The van der Waals surface area contributed by atoms with Gasteiger partial charge in [0, 0.05) is 17.7 Å². The first-order valence-electron chi connectivity index (χ1n) is 12.6. The summed E-state index contributed by atoms with van der Waals surface area (Å²) in [5, 5.41) is 9.85. The van der Waals surface area contributed by atoms with Crippen LogP contribution in [0.1, 0.15) is 57.7 Å². The third kappa shape index (κ3) is 5.40. The van der Waals surface area contributed by atoms with Crippen LogP contribution in [0.2, 0.25) is 10.0 Å². The molecule has 1 aliphatic heterocycles. The van der Waals surface area contributed by atoms with E-state index in [1.807, 2.05) is 35.9 Å². The molecule has 2 heterocycles. The largest absolute Gasteiger partial charge is 0.490 e. The van der Waals surface area contributed by atoms with E-state index in [-0.39, 0.29) is 11.2 Å². The second-order valence-corrected chi connectivity index (χ2v) is 12.2. The van der Waals surface area contributed by atoms with Crippen LogP contribution >= 0.6 is 35.0 Å². The summed E-state index contributed by atoms with van der Waals surface area (Å²) < 4.78 is 13.9. The Morgan fingerprint density at radius 2 is 1.89 bits per heavy atom. The lowest BCUT2D eigenvalue weighted by Crippen LogP contribution is -2.36. The van der Waals surface area contributed by atoms with Gasteiger partial charge in [-0.3, -0.25) is 4.79 Å². The highest BCUT2D eigenvalue weighted by atomic mass is 35.5. The van der Waals surface area contributed by atoms with Gasteiger partial charge in [-0.15, -0.1) is 5.10 Å². The summed E-state index contributed by atoms with van der Waals surface area (Å²) in [7, 11) is 0. The Bertz CT molecular complexity index is 1420. The van der Waals surface area contributed by atoms with Crippen molar-refractivity contribution in [2.45, 2.75) is 58.3 Å². The lowest BCUT2D eigenvalue weighted by Gasteiger charge is -2.38. The highest BCUT2D eigenvalue weighted by Crippen LogP contribution is 2.46. The second kappa shape index (κ2) is 10.8. The van der Waals surface area contributed by atoms with E-state index < -0.39 is 6.04 Å². The molecule has 1 N–H and O–H groups in total. The number of hydrogen-bond acceptors (Lipinski definition) is 7. The Balaban J connectivity index is 1.53. The average Bonchev–Trinajstić information content (AvgIpc) is 3.25. The number of carbonyl (C=O) groups is 1. The van der Waals surface area contributed by atoms with Crippen LogP contribution < -0.4 is 14.8 Å². The van der Waals surface area contributed by atoms with Crippen LogP contribution in [0.15, 0.2) is 52.8 Å². The molecular weight excluding hydrogens is 543 g/mol. The van der Waals surface area contributed by atoms with E-state index >= 15 is 0 Å². The fraction of sp³-hybridized carbons (Fsp3) is 0.393. The predicted molar refractivity (Wildman–Crippen MR) is 152 cm³/mol. The second-order valence-electron chi connectivity index (χ2n) is 10.1. The van der Waals surface area contributed by atoms with E-state index in [9.17, 15) is 4.79 Å². The van der Waals surface area contributed by atoms with Crippen molar-refractivity contribution in [2.24, 2.45) is 5.41 Å². The van der Waals surface area contributed by atoms with Gasteiger partial charge in [0.05, 0.1) is 16.7 Å². The lowest BCUT2D eigenvalue weighted by molar-refractivity contribution is -0.118. The Morgan fingerprint density at radius 1 is 1.08 bits per heavy atom. The van der Waals surface area contributed by atoms with Gasteiger partial charge in [0.15, 0.2) is 17.3 Å². The van der Waals surface area contributed by atoms with E-state index in [0.717, 1.165) is 34.6 Å². The zero-order valence-corrected chi connectivity index (χ0v) is 24.1. The van der Waals surface area contributed by atoms with Crippen LogP contribution in [-0.4, -0.2) is 32.9 Å².